The van der Waals surface area contributed by atoms with Gasteiger partial charge in [0.05, 0.1) is 5.69 Å². The number of aromatic nitrogens is 1. The summed E-state index contributed by atoms with van der Waals surface area (Å²) >= 11 is 0. The van der Waals surface area contributed by atoms with Crippen LogP contribution in [0.5, 0.6) is 0 Å². The van der Waals surface area contributed by atoms with Crippen molar-refractivity contribution in [2.45, 2.75) is 13.3 Å². The Morgan fingerprint density at radius 3 is 1.89 bits per heavy atom. The van der Waals surface area contributed by atoms with Gasteiger partial charge in [-0.25, -0.2) is 0 Å². The molecule has 4 rings (SSSR count). The summed E-state index contributed by atoms with van der Waals surface area (Å²) in [5, 5.41) is 10.3. The smallest absolute Gasteiger partial charge is 0.286 e. The van der Waals surface area contributed by atoms with E-state index in [0.717, 1.165) is 32.5 Å². The quantitative estimate of drug-likeness (QED) is 0.496. The Labute approximate surface area is 164 Å². The molecule has 0 fully saturated rings. The molecule has 28 heavy (non-hydrogen) atoms. The molecule has 0 aliphatic rings. The molecular weight excluding hydrogens is 346 g/mol. The van der Waals surface area contributed by atoms with Gasteiger partial charge in [-0.15, -0.1) is 0 Å². The maximum atomic E-state index is 12.6. The molecule has 138 valence electrons. The lowest BCUT2D eigenvalue weighted by atomic mass is 9.98. The van der Waals surface area contributed by atoms with Gasteiger partial charge in [0.2, 0.25) is 0 Å². The fourth-order valence-electron chi connectivity index (χ4n) is 3.44. The average molecular weight is 367 g/mol. The molecule has 0 saturated heterocycles. The van der Waals surface area contributed by atoms with Crippen LogP contribution < -0.4 is 5.56 Å². The first-order valence-electron chi connectivity index (χ1n) is 9.28. The van der Waals surface area contributed by atoms with E-state index in [-0.39, 0.29) is 5.56 Å². The third-order valence-corrected chi connectivity index (χ3v) is 5.03. The summed E-state index contributed by atoms with van der Waals surface area (Å²) < 4.78 is 0.760. The lowest BCUT2D eigenvalue weighted by Gasteiger charge is -2.12. The summed E-state index contributed by atoms with van der Waals surface area (Å²) in [5.74, 6) is 0. The first-order chi connectivity index (χ1) is 13.6. The molecule has 1 aromatic heterocycles. The van der Waals surface area contributed by atoms with Crippen molar-refractivity contribution in [2.75, 3.05) is 0 Å². The second kappa shape index (κ2) is 7.57. The number of rotatable bonds is 4. The van der Waals surface area contributed by atoms with Crippen LogP contribution in [-0.4, -0.2) is 9.94 Å². The Morgan fingerprint density at radius 1 is 0.750 bits per heavy atom. The highest BCUT2D eigenvalue weighted by molar-refractivity contribution is 5.67. The number of benzene rings is 3. The van der Waals surface area contributed by atoms with Crippen molar-refractivity contribution >= 4 is 0 Å². The van der Waals surface area contributed by atoms with Crippen LogP contribution in [0.1, 0.15) is 16.8 Å². The van der Waals surface area contributed by atoms with E-state index in [1.54, 1.807) is 6.92 Å². The average Bonchev–Trinajstić information content (AvgIpc) is 2.76. The van der Waals surface area contributed by atoms with Crippen molar-refractivity contribution in [3.8, 4) is 22.3 Å². The minimum absolute atomic E-state index is 0.371. The summed E-state index contributed by atoms with van der Waals surface area (Å²) in [6.45, 7) is 1.75. The van der Waals surface area contributed by atoms with Crippen LogP contribution in [0.3, 0.4) is 0 Å². The van der Waals surface area contributed by atoms with Crippen molar-refractivity contribution in [2.24, 2.45) is 0 Å². The van der Waals surface area contributed by atoms with E-state index >= 15 is 0 Å². The molecule has 3 nitrogen and oxygen atoms in total. The van der Waals surface area contributed by atoms with Gasteiger partial charge in [0, 0.05) is 17.5 Å². The van der Waals surface area contributed by atoms with E-state index in [1.807, 2.05) is 66.7 Å². The summed E-state index contributed by atoms with van der Waals surface area (Å²) in [6.07, 6.45) is 0.467. The minimum Gasteiger partial charge on any atom is -0.425 e. The normalized spacial score (nSPS) is 10.8. The van der Waals surface area contributed by atoms with Crippen LogP contribution in [0.4, 0.5) is 0 Å². The Kier molecular flexibility index (Phi) is 4.81. The topological polar surface area (TPSA) is 42.2 Å². The monoisotopic (exact) mass is 367 g/mol. The Hall–Kier alpha value is -3.59. The number of pyridine rings is 1. The third-order valence-electron chi connectivity index (χ3n) is 5.03. The van der Waals surface area contributed by atoms with Gasteiger partial charge < -0.3 is 5.21 Å². The van der Waals surface area contributed by atoms with Crippen molar-refractivity contribution in [3.05, 3.63) is 118 Å². The minimum atomic E-state index is -0.371. The zero-order valence-corrected chi connectivity index (χ0v) is 15.7. The summed E-state index contributed by atoms with van der Waals surface area (Å²) in [7, 11) is 0. The molecule has 0 spiro atoms. The molecule has 0 aliphatic carbocycles. The Bertz CT molecular complexity index is 1150. The van der Waals surface area contributed by atoms with Crippen molar-refractivity contribution in [1.82, 2.24) is 4.73 Å². The molecule has 0 saturated carbocycles. The van der Waals surface area contributed by atoms with Gasteiger partial charge in [-0.3, -0.25) is 4.79 Å². The summed E-state index contributed by atoms with van der Waals surface area (Å²) in [5.41, 5.74) is 5.90. The zero-order valence-electron chi connectivity index (χ0n) is 15.7. The SMILES string of the molecule is Cc1c(-c2ccccc2)cc(Cc2ccc(-c3ccccc3)cc2)c(=O)n1O. The second-order valence-electron chi connectivity index (χ2n) is 6.89. The van der Waals surface area contributed by atoms with Crippen LogP contribution in [0, 0.1) is 6.92 Å². The molecule has 0 unspecified atom stereocenters. The number of hydrogen-bond donors (Lipinski definition) is 1. The highest BCUT2D eigenvalue weighted by Crippen LogP contribution is 2.24. The number of hydrogen-bond acceptors (Lipinski definition) is 2. The van der Waals surface area contributed by atoms with Crippen molar-refractivity contribution < 1.29 is 5.21 Å². The van der Waals surface area contributed by atoms with Gasteiger partial charge >= 0.3 is 0 Å². The van der Waals surface area contributed by atoms with Gasteiger partial charge in [-0.2, -0.15) is 4.73 Å². The molecule has 0 atom stereocenters. The molecule has 4 aromatic rings. The first kappa shape index (κ1) is 17.8. The molecular formula is C25H21NO2. The molecule has 3 heteroatoms. The van der Waals surface area contributed by atoms with Gasteiger partial charge in [0.15, 0.2) is 0 Å². The Morgan fingerprint density at radius 2 is 1.29 bits per heavy atom. The van der Waals surface area contributed by atoms with E-state index < -0.39 is 0 Å². The molecule has 0 amide bonds. The van der Waals surface area contributed by atoms with Crippen LogP contribution in [0.25, 0.3) is 22.3 Å². The third kappa shape index (κ3) is 3.47. The van der Waals surface area contributed by atoms with Crippen LogP contribution in [0.2, 0.25) is 0 Å². The highest BCUT2D eigenvalue weighted by Gasteiger charge is 2.13. The summed E-state index contributed by atoms with van der Waals surface area (Å²) in [4.78, 5) is 12.6. The maximum absolute atomic E-state index is 12.6. The van der Waals surface area contributed by atoms with Gasteiger partial charge in [0.1, 0.15) is 0 Å². The largest absolute Gasteiger partial charge is 0.425 e. The highest BCUT2D eigenvalue weighted by atomic mass is 16.5. The van der Waals surface area contributed by atoms with Crippen LogP contribution in [0.15, 0.2) is 95.8 Å². The fourth-order valence-corrected chi connectivity index (χ4v) is 3.44. The van der Waals surface area contributed by atoms with Gasteiger partial charge in [-0.1, -0.05) is 84.9 Å². The van der Waals surface area contributed by atoms with E-state index in [9.17, 15) is 10.0 Å². The Balaban J connectivity index is 1.68. The van der Waals surface area contributed by atoms with Gasteiger partial charge in [-0.05, 0) is 35.2 Å². The van der Waals surface area contributed by atoms with Crippen molar-refractivity contribution in [3.63, 3.8) is 0 Å². The summed E-state index contributed by atoms with van der Waals surface area (Å²) in [6, 6.07) is 30.1. The molecule has 3 aromatic carbocycles. The molecule has 0 radical (unpaired) electrons. The van der Waals surface area contributed by atoms with Crippen LogP contribution >= 0.6 is 0 Å². The maximum Gasteiger partial charge on any atom is 0.286 e. The van der Waals surface area contributed by atoms with Crippen molar-refractivity contribution in [1.29, 1.82) is 0 Å². The van der Waals surface area contributed by atoms with Gasteiger partial charge in [0.25, 0.3) is 5.56 Å². The van der Waals surface area contributed by atoms with Crippen LogP contribution in [-0.2, 0) is 6.42 Å². The molecule has 1 N–H and O–H groups in total. The van der Waals surface area contributed by atoms with E-state index in [1.165, 1.54) is 0 Å². The standard InChI is InChI=1S/C25H21NO2/c1-18-24(22-10-6-3-7-11-22)17-23(25(27)26(18)28)16-19-12-14-21(15-13-19)20-8-4-2-5-9-20/h2-15,17,28H,16H2,1H3. The number of nitrogens with zero attached hydrogens (tertiary/aromatic N) is 1. The zero-order chi connectivity index (χ0) is 19.5. The first-order valence-corrected chi connectivity index (χ1v) is 9.28. The molecule has 0 aliphatic heterocycles. The second-order valence-corrected chi connectivity index (χ2v) is 6.89. The lowest BCUT2D eigenvalue weighted by molar-refractivity contribution is 0.168. The molecule has 0 bridgehead atoms. The molecule has 1 heterocycles. The predicted octanol–water partition coefficient (Wildman–Crippen LogP) is 5.32. The van der Waals surface area contributed by atoms with E-state index in [0.29, 0.717) is 17.7 Å². The lowest BCUT2D eigenvalue weighted by Crippen LogP contribution is -2.24. The van der Waals surface area contributed by atoms with E-state index in [4.69, 9.17) is 0 Å². The fraction of sp³-hybridized carbons (Fsp3) is 0.0800. The van der Waals surface area contributed by atoms with E-state index in [2.05, 4.69) is 24.3 Å². The predicted molar refractivity (Wildman–Crippen MR) is 113 cm³/mol.